The molecule has 0 aromatic heterocycles. The maximum atomic E-state index is 9.03. The maximum Gasteiger partial charge on any atom is 0.143 e. The highest BCUT2D eigenvalue weighted by Gasteiger charge is 2.37. The minimum absolute atomic E-state index is 0.243. The molecule has 0 fully saturated rings. The Morgan fingerprint density at radius 2 is 0.872 bits per heavy atom. The van der Waals surface area contributed by atoms with Gasteiger partial charge in [-0.25, -0.2) is 0 Å². The van der Waals surface area contributed by atoms with Gasteiger partial charge in [0, 0.05) is 26.4 Å². The van der Waals surface area contributed by atoms with Crippen molar-refractivity contribution in [3.05, 3.63) is 95.6 Å². The van der Waals surface area contributed by atoms with Crippen molar-refractivity contribution in [2.75, 3.05) is 40.6 Å². The Labute approximate surface area is 234 Å². The Hall–Kier alpha value is -2.90. The number of benzene rings is 3. The zero-order chi connectivity index (χ0) is 28.2. The van der Waals surface area contributed by atoms with Gasteiger partial charge < -0.3 is 29.5 Å². The monoisotopic (exact) mass is 538 g/mol. The Kier molecular flexibility index (Phi) is 15.9. The van der Waals surface area contributed by atoms with Crippen LogP contribution in [0.4, 0.5) is 0 Å². The van der Waals surface area contributed by atoms with Crippen LogP contribution in [0.2, 0.25) is 0 Å². The van der Waals surface area contributed by atoms with Gasteiger partial charge in [0.05, 0.1) is 14.2 Å². The van der Waals surface area contributed by atoms with E-state index in [1.807, 2.05) is 42.5 Å². The minimum atomic E-state index is -0.753. The van der Waals surface area contributed by atoms with Crippen molar-refractivity contribution in [1.82, 2.24) is 0 Å². The van der Waals surface area contributed by atoms with E-state index in [9.17, 15) is 0 Å². The van der Waals surface area contributed by atoms with Crippen LogP contribution in [0.5, 0.6) is 11.5 Å². The highest BCUT2D eigenvalue weighted by atomic mass is 16.5. The second-order valence-electron chi connectivity index (χ2n) is 9.35. The van der Waals surface area contributed by atoms with Gasteiger partial charge in [-0.05, 0) is 66.6 Å². The van der Waals surface area contributed by atoms with E-state index in [1.54, 1.807) is 14.2 Å². The quantitative estimate of drug-likeness (QED) is 0.142. The zero-order valence-electron chi connectivity index (χ0n) is 23.6. The fraction of sp³-hybridized carbons (Fsp3) is 0.455. The summed E-state index contributed by atoms with van der Waals surface area (Å²) in [7, 11) is 3.34. The van der Waals surface area contributed by atoms with Crippen molar-refractivity contribution >= 4 is 0 Å². The molecule has 0 unspecified atom stereocenters. The fourth-order valence-electron chi connectivity index (χ4n) is 4.44. The van der Waals surface area contributed by atoms with Gasteiger partial charge in [-0.15, -0.1) is 0 Å². The lowest BCUT2D eigenvalue weighted by Gasteiger charge is -2.36. The zero-order valence-corrected chi connectivity index (χ0v) is 23.6. The van der Waals surface area contributed by atoms with Crippen molar-refractivity contribution in [3.8, 4) is 11.5 Å². The van der Waals surface area contributed by atoms with Crippen LogP contribution in [0.1, 0.15) is 68.1 Å². The summed E-state index contributed by atoms with van der Waals surface area (Å²) in [5.41, 5.74) is 2.40. The maximum absolute atomic E-state index is 9.03. The van der Waals surface area contributed by atoms with E-state index in [2.05, 4.69) is 36.4 Å². The number of aliphatic hydroxyl groups is 3. The van der Waals surface area contributed by atoms with Crippen molar-refractivity contribution in [2.45, 2.75) is 57.0 Å². The summed E-state index contributed by atoms with van der Waals surface area (Å²) in [5, 5.41) is 25.6. The highest BCUT2D eigenvalue weighted by molar-refractivity contribution is 5.49. The molecule has 0 bridgehead atoms. The molecule has 0 radical (unpaired) electrons. The first-order valence-electron chi connectivity index (χ1n) is 14.0. The average molecular weight is 539 g/mol. The summed E-state index contributed by atoms with van der Waals surface area (Å²) in [6.07, 6.45) is 7.62. The number of ether oxygens (including phenoxy) is 3. The third-order valence-corrected chi connectivity index (χ3v) is 6.61. The molecule has 0 spiro atoms. The van der Waals surface area contributed by atoms with Gasteiger partial charge >= 0.3 is 0 Å². The van der Waals surface area contributed by atoms with E-state index >= 15 is 0 Å². The van der Waals surface area contributed by atoms with E-state index in [0.717, 1.165) is 79.6 Å². The Bertz CT molecular complexity index is 935. The molecule has 0 heterocycles. The molecule has 39 heavy (non-hydrogen) atoms. The van der Waals surface area contributed by atoms with E-state index < -0.39 is 5.60 Å². The largest absolute Gasteiger partial charge is 0.497 e. The first-order valence-corrected chi connectivity index (χ1v) is 14.0. The molecule has 0 amide bonds. The number of hydrogen-bond donors (Lipinski definition) is 3. The molecule has 0 saturated carbocycles. The molecule has 6 heteroatoms. The minimum Gasteiger partial charge on any atom is -0.497 e. The average Bonchev–Trinajstić information content (AvgIpc) is 3.00. The molecule has 0 atom stereocenters. The molecule has 3 N–H and O–H groups in total. The van der Waals surface area contributed by atoms with Crippen LogP contribution >= 0.6 is 0 Å². The number of methoxy groups -OCH3 is 2. The second kappa shape index (κ2) is 19.2. The first kappa shape index (κ1) is 32.3. The van der Waals surface area contributed by atoms with Crippen LogP contribution in [-0.4, -0.2) is 56.0 Å². The van der Waals surface area contributed by atoms with Gasteiger partial charge in [-0.2, -0.15) is 0 Å². The van der Waals surface area contributed by atoms with Gasteiger partial charge in [0.2, 0.25) is 0 Å². The lowest BCUT2D eigenvalue weighted by molar-refractivity contribution is 0.0105. The van der Waals surface area contributed by atoms with E-state index in [4.69, 9.17) is 29.5 Å². The van der Waals surface area contributed by atoms with Crippen molar-refractivity contribution in [3.63, 3.8) is 0 Å². The Balaban J connectivity index is 0.000000580. The summed E-state index contributed by atoms with van der Waals surface area (Å²) in [5.74, 6) is 1.62. The number of rotatable bonds is 17. The van der Waals surface area contributed by atoms with Crippen LogP contribution < -0.4 is 9.47 Å². The Morgan fingerprint density at radius 1 is 0.487 bits per heavy atom. The van der Waals surface area contributed by atoms with E-state index in [1.165, 1.54) is 0 Å². The molecule has 0 aliphatic heterocycles. The summed E-state index contributed by atoms with van der Waals surface area (Å²) < 4.78 is 17.5. The van der Waals surface area contributed by atoms with E-state index in [0.29, 0.717) is 6.61 Å². The molecule has 0 saturated heterocycles. The number of hydrogen-bond acceptors (Lipinski definition) is 6. The molecular formula is C33H46O6. The van der Waals surface area contributed by atoms with Gasteiger partial charge in [-0.1, -0.05) is 80.3 Å². The SMILES string of the molecule is COc1ccc(C(OCCCCCCO)(c2ccccc2)c2ccc(OC)cc2)cc1.OCCCCCCO. The molecule has 6 nitrogen and oxygen atoms in total. The molecule has 3 aromatic rings. The van der Waals surface area contributed by atoms with Crippen LogP contribution in [0.15, 0.2) is 78.9 Å². The molecule has 3 rings (SSSR count). The predicted octanol–water partition coefficient (Wildman–Crippen LogP) is 6.10. The van der Waals surface area contributed by atoms with Crippen LogP contribution in [0.3, 0.4) is 0 Å². The lowest BCUT2D eigenvalue weighted by atomic mass is 9.80. The predicted molar refractivity (Wildman–Crippen MR) is 156 cm³/mol. The van der Waals surface area contributed by atoms with Crippen molar-refractivity contribution in [2.24, 2.45) is 0 Å². The van der Waals surface area contributed by atoms with Gasteiger partial charge in [0.1, 0.15) is 17.1 Å². The second-order valence-corrected chi connectivity index (χ2v) is 9.35. The summed E-state index contributed by atoms with van der Waals surface area (Å²) >= 11 is 0. The van der Waals surface area contributed by atoms with Crippen LogP contribution in [0.25, 0.3) is 0 Å². The van der Waals surface area contributed by atoms with Gasteiger partial charge in [0.25, 0.3) is 0 Å². The summed E-state index contributed by atoms with van der Waals surface area (Å²) in [6.45, 7) is 1.42. The smallest absolute Gasteiger partial charge is 0.143 e. The third-order valence-electron chi connectivity index (χ3n) is 6.61. The lowest BCUT2D eigenvalue weighted by Crippen LogP contribution is -2.33. The standard InChI is InChI=1S/C27H32O4.C6H14O2/c1-29-25-16-12-23(13-17-25)27(22-10-6-5-7-11-22,31-21-9-4-3-8-20-28)24-14-18-26(30-2)19-15-24;7-5-3-1-2-4-6-8/h5-7,10-19,28H,3-4,8-9,20-21H2,1-2H3;7-8H,1-6H2. The van der Waals surface area contributed by atoms with Gasteiger partial charge in [-0.3, -0.25) is 0 Å². The highest BCUT2D eigenvalue weighted by Crippen LogP contribution is 2.41. The molecule has 0 aliphatic rings. The molecule has 3 aromatic carbocycles. The summed E-state index contributed by atoms with van der Waals surface area (Å²) in [4.78, 5) is 0. The Morgan fingerprint density at radius 3 is 1.26 bits per heavy atom. The number of unbranched alkanes of at least 4 members (excludes halogenated alkanes) is 6. The molecule has 0 aliphatic carbocycles. The van der Waals surface area contributed by atoms with Crippen LogP contribution in [0, 0.1) is 0 Å². The van der Waals surface area contributed by atoms with E-state index in [-0.39, 0.29) is 19.8 Å². The first-order chi connectivity index (χ1) is 19.2. The third kappa shape index (κ3) is 10.3. The fourth-order valence-corrected chi connectivity index (χ4v) is 4.44. The van der Waals surface area contributed by atoms with Crippen molar-refractivity contribution in [1.29, 1.82) is 0 Å². The van der Waals surface area contributed by atoms with Gasteiger partial charge in [0.15, 0.2) is 0 Å². The topological polar surface area (TPSA) is 88.4 Å². The summed E-state index contributed by atoms with van der Waals surface area (Å²) in [6, 6.07) is 26.5. The normalized spacial score (nSPS) is 11.0. The van der Waals surface area contributed by atoms with Crippen molar-refractivity contribution < 1.29 is 29.5 Å². The number of aliphatic hydroxyl groups excluding tert-OH is 3. The molecule has 214 valence electrons. The van der Waals surface area contributed by atoms with Crippen LogP contribution in [-0.2, 0) is 10.3 Å². The molecular weight excluding hydrogens is 492 g/mol.